The SMILES string of the molecule is CC(=O)N[C@@H](C)COC1CCC(Oc2ncc(-c3ncc(C4CC4)cn3)cc2F)CC1. The number of carbonyl (C=O) groups is 1. The monoisotopic (exact) mass is 428 g/mol. The second-order valence-corrected chi connectivity index (χ2v) is 8.58. The number of amides is 1. The quantitative estimate of drug-likeness (QED) is 0.689. The number of hydrogen-bond donors (Lipinski definition) is 1. The number of pyridine rings is 1. The van der Waals surface area contributed by atoms with Crippen LogP contribution in [0.25, 0.3) is 11.4 Å². The van der Waals surface area contributed by atoms with Crippen molar-refractivity contribution in [1.82, 2.24) is 20.3 Å². The summed E-state index contributed by atoms with van der Waals surface area (Å²) in [5.41, 5.74) is 1.68. The predicted molar refractivity (Wildman–Crippen MR) is 113 cm³/mol. The molecule has 1 amide bonds. The van der Waals surface area contributed by atoms with Crippen LogP contribution in [0.4, 0.5) is 4.39 Å². The van der Waals surface area contributed by atoms with E-state index in [-0.39, 0.29) is 30.0 Å². The van der Waals surface area contributed by atoms with Gasteiger partial charge < -0.3 is 14.8 Å². The average molecular weight is 429 g/mol. The first-order chi connectivity index (χ1) is 15.0. The van der Waals surface area contributed by atoms with E-state index in [0.29, 0.717) is 23.9 Å². The second-order valence-electron chi connectivity index (χ2n) is 8.58. The maximum Gasteiger partial charge on any atom is 0.250 e. The molecule has 2 aliphatic carbocycles. The molecule has 0 saturated heterocycles. The first-order valence-corrected chi connectivity index (χ1v) is 11.0. The Morgan fingerprint density at radius 3 is 2.39 bits per heavy atom. The number of aromatic nitrogens is 3. The van der Waals surface area contributed by atoms with Crippen LogP contribution in [0.1, 0.15) is 63.9 Å². The Bertz CT molecular complexity index is 896. The Kier molecular flexibility index (Phi) is 6.75. The number of hydrogen-bond acceptors (Lipinski definition) is 6. The highest BCUT2D eigenvalue weighted by Crippen LogP contribution is 2.39. The van der Waals surface area contributed by atoms with Crippen molar-refractivity contribution in [3.05, 3.63) is 36.0 Å². The topological polar surface area (TPSA) is 86.2 Å². The van der Waals surface area contributed by atoms with E-state index in [1.807, 2.05) is 19.3 Å². The van der Waals surface area contributed by atoms with E-state index in [0.717, 1.165) is 31.2 Å². The number of halogens is 1. The molecule has 0 spiro atoms. The second kappa shape index (κ2) is 9.68. The molecule has 166 valence electrons. The molecule has 7 nitrogen and oxygen atoms in total. The van der Waals surface area contributed by atoms with Gasteiger partial charge in [-0.15, -0.1) is 0 Å². The van der Waals surface area contributed by atoms with Crippen molar-refractivity contribution in [3.8, 4) is 17.3 Å². The summed E-state index contributed by atoms with van der Waals surface area (Å²) in [4.78, 5) is 24.0. The molecule has 0 unspecified atom stereocenters. The standard InChI is InChI=1S/C23H29FN4O3/c1-14(28-15(2)29)13-30-19-5-7-20(8-6-19)31-23-21(24)9-17(10-27-23)22-25-11-18(12-26-22)16-3-4-16/h9-12,14,16,19-20H,3-8,13H2,1-2H3,(H,28,29)/t14-,19?,20?/m0/s1. The third kappa shape index (κ3) is 5.97. The van der Waals surface area contributed by atoms with Crippen LogP contribution in [0.15, 0.2) is 24.7 Å². The van der Waals surface area contributed by atoms with Crippen LogP contribution in [0.5, 0.6) is 5.88 Å². The fraction of sp³-hybridized carbons (Fsp3) is 0.565. The van der Waals surface area contributed by atoms with Gasteiger partial charge in [-0.3, -0.25) is 4.79 Å². The molecule has 0 bridgehead atoms. The molecule has 2 saturated carbocycles. The molecular weight excluding hydrogens is 399 g/mol. The van der Waals surface area contributed by atoms with E-state index in [9.17, 15) is 9.18 Å². The smallest absolute Gasteiger partial charge is 0.250 e. The Morgan fingerprint density at radius 2 is 1.77 bits per heavy atom. The molecule has 0 aliphatic heterocycles. The number of nitrogens with one attached hydrogen (secondary N) is 1. The Labute approximate surface area is 181 Å². The van der Waals surface area contributed by atoms with Gasteiger partial charge in [0.1, 0.15) is 6.10 Å². The lowest BCUT2D eigenvalue weighted by atomic mass is 9.95. The molecule has 1 N–H and O–H groups in total. The van der Waals surface area contributed by atoms with Gasteiger partial charge >= 0.3 is 0 Å². The van der Waals surface area contributed by atoms with Gasteiger partial charge in [0, 0.05) is 37.1 Å². The average Bonchev–Trinajstić information content (AvgIpc) is 3.60. The molecular formula is C23H29FN4O3. The molecule has 2 aromatic rings. The minimum Gasteiger partial charge on any atom is -0.472 e. The number of ether oxygens (including phenoxy) is 2. The first kappa shape index (κ1) is 21.6. The minimum atomic E-state index is -0.505. The van der Waals surface area contributed by atoms with Crippen molar-refractivity contribution in [1.29, 1.82) is 0 Å². The number of carbonyl (C=O) groups excluding carboxylic acids is 1. The van der Waals surface area contributed by atoms with Gasteiger partial charge in [-0.25, -0.2) is 19.3 Å². The summed E-state index contributed by atoms with van der Waals surface area (Å²) < 4.78 is 26.3. The van der Waals surface area contributed by atoms with Gasteiger partial charge in [0.05, 0.1) is 12.7 Å². The van der Waals surface area contributed by atoms with Crippen LogP contribution >= 0.6 is 0 Å². The zero-order chi connectivity index (χ0) is 21.8. The van der Waals surface area contributed by atoms with Crippen LogP contribution in [-0.4, -0.2) is 45.7 Å². The zero-order valence-corrected chi connectivity index (χ0v) is 18.0. The highest BCUT2D eigenvalue weighted by molar-refractivity contribution is 5.73. The van der Waals surface area contributed by atoms with Crippen molar-refractivity contribution < 1.29 is 18.7 Å². The minimum absolute atomic E-state index is 0.0157. The van der Waals surface area contributed by atoms with Crippen LogP contribution in [-0.2, 0) is 9.53 Å². The molecule has 2 fully saturated rings. The normalized spacial score (nSPS) is 22.0. The molecule has 0 radical (unpaired) electrons. The fourth-order valence-corrected chi connectivity index (χ4v) is 3.89. The predicted octanol–water partition coefficient (Wildman–Crippen LogP) is 3.79. The number of rotatable bonds is 8. The Balaban J connectivity index is 1.26. The van der Waals surface area contributed by atoms with E-state index in [1.54, 1.807) is 6.20 Å². The fourth-order valence-electron chi connectivity index (χ4n) is 3.89. The Hall–Kier alpha value is -2.61. The third-order valence-corrected chi connectivity index (χ3v) is 5.72. The van der Waals surface area contributed by atoms with E-state index >= 15 is 0 Å². The van der Waals surface area contributed by atoms with Gasteiger partial charge in [0.15, 0.2) is 11.6 Å². The van der Waals surface area contributed by atoms with Gasteiger partial charge in [-0.2, -0.15) is 0 Å². The maximum absolute atomic E-state index is 14.6. The summed E-state index contributed by atoms with van der Waals surface area (Å²) in [5, 5.41) is 2.81. The van der Waals surface area contributed by atoms with Crippen LogP contribution < -0.4 is 10.1 Å². The highest BCUT2D eigenvalue weighted by Gasteiger charge is 2.26. The van der Waals surface area contributed by atoms with Crippen molar-refractivity contribution in [2.45, 2.75) is 76.5 Å². The van der Waals surface area contributed by atoms with Crippen molar-refractivity contribution in [3.63, 3.8) is 0 Å². The van der Waals surface area contributed by atoms with Crippen molar-refractivity contribution in [2.75, 3.05) is 6.61 Å². The highest BCUT2D eigenvalue weighted by atomic mass is 19.1. The van der Waals surface area contributed by atoms with Crippen LogP contribution in [0.2, 0.25) is 0 Å². The summed E-state index contributed by atoms with van der Waals surface area (Å²) in [6.45, 7) is 3.90. The molecule has 1 atom stereocenters. The summed E-state index contributed by atoms with van der Waals surface area (Å²) >= 11 is 0. The van der Waals surface area contributed by atoms with Gasteiger partial charge in [0.25, 0.3) is 5.88 Å². The van der Waals surface area contributed by atoms with Crippen LogP contribution in [0.3, 0.4) is 0 Å². The van der Waals surface area contributed by atoms with Gasteiger partial charge in [-0.1, -0.05) is 0 Å². The maximum atomic E-state index is 14.6. The Morgan fingerprint density at radius 1 is 1.10 bits per heavy atom. The molecule has 2 aliphatic rings. The molecule has 0 aromatic carbocycles. The number of nitrogens with zero attached hydrogens (tertiary/aromatic N) is 3. The lowest BCUT2D eigenvalue weighted by molar-refractivity contribution is -0.120. The molecule has 2 heterocycles. The largest absolute Gasteiger partial charge is 0.472 e. The molecule has 8 heteroatoms. The summed E-state index contributed by atoms with van der Waals surface area (Å²) in [7, 11) is 0. The molecule has 2 aromatic heterocycles. The van der Waals surface area contributed by atoms with Gasteiger partial charge in [0.2, 0.25) is 5.91 Å². The van der Waals surface area contributed by atoms with E-state index in [4.69, 9.17) is 9.47 Å². The summed E-state index contributed by atoms with van der Waals surface area (Å²) in [5.74, 6) is 0.502. The van der Waals surface area contributed by atoms with E-state index in [2.05, 4.69) is 20.3 Å². The third-order valence-electron chi connectivity index (χ3n) is 5.72. The zero-order valence-electron chi connectivity index (χ0n) is 18.0. The van der Waals surface area contributed by atoms with Crippen molar-refractivity contribution in [2.24, 2.45) is 0 Å². The molecule has 31 heavy (non-hydrogen) atoms. The van der Waals surface area contributed by atoms with E-state index < -0.39 is 5.82 Å². The van der Waals surface area contributed by atoms with Crippen molar-refractivity contribution >= 4 is 5.91 Å². The van der Waals surface area contributed by atoms with Crippen LogP contribution in [0, 0.1) is 5.82 Å². The lowest BCUT2D eigenvalue weighted by Crippen LogP contribution is -2.37. The molecule has 4 rings (SSSR count). The van der Waals surface area contributed by atoms with E-state index in [1.165, 1.54) is 25.8 Å². The summed E-state index contributed by atoms with van der Waals surface area (Å²) in [6.07, 6.45) is 10.8. The van der Waals surface area contributed by atoms with Gasteiger partial charge in [-0.05, 0) is 63.0 Å². The first-order valence-electron chi connectivity index (χ1n) is 11.0. The lowest BCUT2D eigenvalue weighted by Gasteiger charge is -2.29. The summed E-state index contributed by atoms with van der Waals surface area (Å²) in [6, 6.07) is 1.37.